The Labute approximate surface area is 142 Å². The van der Waals surface area contributed by atoms with Crippen LogP contribution in [0.1, 0.15) is 41.0 Å². The summed E-state index contributed by atoms with van der Waals surface area (Å²) in [6.45, 7) is 5.54. The third kappa shape index (κ3) is 3.27. The maximum atomic E-state index is 13.0. The van der Waals surface area contributed by atoms with Crippen molar-refractivity contribution >= 4 is 5.91 Å². The Hall–Kier alpha value is -2.37. The molecule has 1 amide bonds. The minimum Gasteiger partial charge on any atom is -0.480 e. The standard InChI is InChI=1S/C18H24N4O2/c1-13-11-14(2)22(20-13)12-15-7-4-5-10-21(15)18(23)16-8-6-9-19-17(16)24-3/h6,8-9,11,15H,4-5,7,10,12H2,1-3H3. The Morgan fingerprint density at radius 2 is 2.21 bits per heavy atom. The number of likely N-dealkylation sites (tertiary alicyclic amines) is 1. The molecule has 2 aromatic heterocycles. The first kappa shape index (κ1) is 16.5. The van der Waals surface area contributed by atoms with Crippen molar-refractivity contribution in [3.63, 3.8) is 0 Å². The molecule has 128 valence electrons. The van der Waals surface area contributed by atoms with E-state index in [1.54, 1.807) is 25.4 Å². The zero-order valence-corrected chi connectivity index (χ0v) is 14.5. The molecule has 0 N–H and O–H groups in total. The number of carbonyl (C=O) groups is 1. The lowest BCUT2D eigenvalue weighted by Crippen LogP contribution is -2.46. The molecular weight excluding hydrogens is 304 g/mol. The molecule has 0 bridgehead atoms. The number of hydrogen-bond acceptors (Lipinski definition) is 4. The number of aromatic nitrogens is 3. The first-order valence-electron chi connectivity index (χ1n) is 8.41. The maximum absolute atomic E-state index is 13.0. The lowest BCUT2D eigenvalue weighted by Gasteiger charge is -2.36. The fraction of sp³-hybridized carbons (Fsp3) is 0.500. The van der Waals surface area contributed by atoms with E-state index < -0.39 is 0 Å². The van der Waals surface area contributed by atoms with E-state index in [1.807, 2.05) is 16.5 Å². The van der Waals surface area contributed by atoms with Gasteiger partial charge in [-0.25, -0.2) is 4.98 Å². The van der Waals surface area contributed by atoms with Crippen molar-refractivity contribution in [1.29, 1.82) is 0 Å². The first-order chi connectivity index (χ1) is 11.6. The number of piperidine rings is 1. The lowest BCUT2D eigenvalue weighted by molar-refractivity contribution is 0.0578. The van der Waals surface area contributed by atoms with Gasteiger partial charge in [0.2, 0.25) is 5.88 Å². The number of ether oxygens (including phenoxy) is 1. The van der Waals surface area contributed by atoms with Gasteiger partial charge in [-0.1, -0.05) is 0 Å². The van der Waals surface area contributed by atoms with Crippen LogP contribution in [0.15, 0.2) is 24.4 Å². The van der Waals surface area contributed by atoms with Crippen molar-refractivity contribution in [2.75, 3.05) is 13.7 Å². The molecule has 0 saturated carbocycles. The largest absolute Gasteiger partial charge is 0.480 e. The maximum Gasteiger partial charge on any atom is 0.259 e. The number of pyridine rings is 1. The summed E-state index contributed by atoms with van der Waals surface area (Å²) in [7, 11) is 1.54. The monoisotopic (exact) mass is 328 g/mol. The molecule has 0 aromatic carbocycles. The van der Waals surface area contributed by atoms with Gasteiger partial charge in [0, 0.05) is 18.4 Å². The summed E-state index contributed by atoms with van der Waals surface area (Å²) in [5, 5.41) is 4.55. The van der Waals surface area contributed by atoms with Crippen LogP contribution in [0.3, 0.4) is 0 Å². The molecule has 1 fully saturated rings. The Bertz CT molecular complexity index is 726. The third-order valence-corrected chi connectivity index (χ3v) is 4.57. The van der Waals surface area contributed by atoms with E-state index in [1.165, 1.54) is 0 Å². The van der Waals surface area contributed by atoms with E-state index in [4.69, 9.17) is 4.74 Å². The van der Waals surface area contributed by atoms with Crippen LogP contribution in [0.25, 0.3) is 0 Å². The van der Waals surface area contributed by atoms with Crippen molar-refractivity contribution in [3.05, 3.63) is 41.3 Å². The number of amides is 1. The van der Waals surface area contributed by atoms with Gasteiger partial charge < -0.3 is 9.64 Å². The molecule has 1 aliphatic rings. The Morgan fingerprint density at radius 1 is 1.38 bits per heavy atom. The molecule has 6 heteroatoms. The van der Waals surface area contributed by atoms with Crippen molar-refractivity contribution in [1.82, 2.24) is 19.7 Å². The van der Waals surface area contributed by atoms with E-state index in [-0.39, 0.29) is 11.9 Å². The molecule has 1 unspecified atom stereocenters. The summed E-state index contributed by atoms with van der Waals surface area (Å²) >= 11 is 0. The van der Waals surface area contributed by atoms with E-state index in [0.29, 0.717) is 11.4 Å². The minimum absolute atomic E-state index is 0.00817. The normalized spacial score (nSPS) is 17.8. The van der Waals surface area contributed by atoms with E-state index in [0.717, 1.165) is 43.7 Å². The average molecular weight is 328 g/mol. The highest BCUT2D eigenvalue weighted by Gasteiger charge is 2.30. The van der Waals surface area contributed by atoms with Gasteiger partial charge in [0.05, 0.1) is 25.4 Å². The van der Waals surface area contributed by atoms with E-state index in [9.17, 15) is 4.79 Å². The highest BCUT2D eigenvalue weighted by atomic mass is 16.5. The van der Waals surface area contributed by atoms with Crippen LogP contribution in [0.5, 0.6) is 5.88 Å². The Kier molecular flexibility index (Phi) is 4.83. The van der Waals surface area contributed by atoms with Crippen molar-refractivity contribution in [3.8, 4) is 5.88 Å². The smallest absolute Gasteiger partial charge is 0.259 e. The number of nitrogens with zero attached hydrogens (tertiary/aromatic N) is 4. The van der Waals surface area contributed by atoms with Crippen LogP contribution in [-0.2, 0) is 6.54 Å². The lowest BCUT2D eigenvalue weighted by atomic mass is 10.0. The van der Waals surface area contributed by atoms with E-state index in [2.05, 4.69) is 23.1 Å². The highest BCUT2D eigenvalue weighted by Crippen LogP contribution is 2.24. The number of methoxy groups -OCH3 is 1. The molecular formula is C18H24N4O2. The fourth-order valence-electron chi connectivity index (χ4n) is 3.39. The highest BCUT2D eigenvalue weighted by molar-refractivity contribution is 5.96. The molecule has 24 heavy (non-hydrogen) atoms. The van der Waals surface area contributed by atoms with Gasteiger partial charge in [-0.2, -0.15) is 5.10 Å². The zero-order valence-electron chi connectivity index (χ0n) is 14.5. The van der Waals surface area contributed by atoms with Crippen LogP contribution in [0.4, 0.5) is 0 Å². The topological polar surface area (TPSA) is 60.2 Å². The quantitative estimate of drug-likeness (QED) is 0.865. The number of carbonyl (C=O) groups excluding carboxylic acids is 1. The number of hydrogen-bond donors (Lipinski definition) is 0. The molecule has 3 heterocycles. The van der Waals surface area contributed by atoms with Crippen LogP contribution in [-0.4, -0.2) is 45.3 Å². The first-order valence-corrected chi connectivity index (χ1v) is 8.41. The van der Waals surface area contributed by atoms with Gasteiger partial charge in [0.25, 0.3) is 5.91 Å². The van der Waals surface area contributed by atoms with Gasteiger partial charge in [-0.05, 0) is 51.3 Å². The minimum atomic E-state index is -0.00817. The van der Waals surface area contributed by atoms with Gasteiger partial charge in [0.1, 0.15) is 5.56 Å². The van der Waals surface area contributed by atoms with Crippen molar-refractivity contribution < 1.29 is 9.53 Å². The molecule has 0 aliphatic carbocycles. The molecule has 0 radical (unpaired) electrons. The van der Waals surface area contributed by atoms with Gasteiger partial charge in [-0.15, -0.1) is 0 Å². The molecule has 6 nitrogen and oxygen atoms in total. The number of rotatable bonds is 4. The van der Waals surface area contributed by atoms with Crippen molar-refractivity contribution in [2.24, 2.45) is 0 Å². The molecule has 3 rings (SSSR count). The summed E-state index contributed by atoms with van der Waals surface area (Å²) in [6.07, 6.45) is 4.80. The molecule has 0 spiro atoms. The summed E-state index contributed by atoms with van der Waals surface area (Å²) in [6, 6.07) is 5.77. The second-order valence-corrected chi connectivity index (χ2v) is 6.32. The predicted molar refractivity (Wildman–Crippen MR) is 91.2 cm³/mol. The predicted octanol–water partition coefficient (Wildman–Crippen LogP) is 2.60. The van der Waals surface area contributed by atoms with Gasteiger partial charge >= 0.3 is 0 Å². The summed E-state index contributed by atoms with van der Waals surface area (Å²) in [5.41, 5.74) is 2.67. The Balaban J connectivity index is 1.84. The van der Waals surface area contributed by atoms with Gasteiger partial charge in [0.15, 0.2) is 0 Å². The van der Waals surface area contributed by atoms with E-state index >= 15 is 0 Å². The second-order valence-electron chi connectivity index (χ2n) is 6.32. The molecule has 2 aromatic rings. The number of aryl methyl sites for hydroxylation is 2. The molecule has 1 aliphatic heterocycles. The fourth-order valence-corrected chi connectivity index (χ4v) is 3.39. The summed E-state index contributed by atoms with van der Waals surface area (Å²) in [5.74, 6) is 0.379. The molecule has 1 saturated heterocycles. The van der Waals surface area contributed by atoms with Crippen molar-refractivity contribution in [2.45, 2.75) is 45.7 Å². The molecule has 1 atom stereocenters. The average Bonchev–Trinajstić information content (AvgIpc) is 2.92. The van der Waals surface area contributed by atoms with Crippen LogP contribution >= 0.6 is 0 Å². The third-order valence-electron chi connectivity index (χ3n) is 4.57. The van der Waals surface area contributed by atoms with Crippen LogP contribution in [0.2, 0.25) is 0 Å². The zero-order chi connectivity index (χ0) is 17.1. The Morgan fingerprint density at radius 3 is 2.92 bits per heavy atom. The van der Waals surface area contributed by atoms with Crippen LogP contribution < -0.4 is 4.74 Å². The SMILES string of the molecule is COc1ncccc1C(=O)N1CCCCC1Cn1nc(C)cc1C. The van der Waals surface area contributed by atoms with Crippen LogP contribution in [0, 0.1) is 13.8 Å². The summed E-state index contributed by atoms with van der Waals surface area (Å²) < 4.78 is 7.26. The summed E-state index contributed by atoms with van der Waals surface area (Å²) in [4.78, 5) is 19.2. The second kappa shape index (κ2) is 7.03. The van der Waals surface area contributed by atoms with Gasteiger partial charge in [-0.3, -0.25) is 9.48 Å².